The van der Waals surface area contributed by atoms with Crippen molar-refractivity contribution in [1.29, 1.82) is 0 Å². The van der Waals surface area contributed by atoms with Crippen molar-refractivity contribution >= 4 is 16.8 Å². The molecule has 4 aromatic rings. The van der Waals surface area contributed by atoms with Gasteiger partial charge in [0.15, 0.2) is 5.69 Å². The number of nitrogens with one attached hydrogen (secondary N) is 2. The van der Waals surface area contributed by atoms with E-state index in [9.17, 15) is 4.79 Å². The lowest BCUT2D eigenvalue weighted by molar-refractivity contribution is 0.0943. The second kappa shape index (κ2) is 8.65. The number of ether oxygens (including phenoxy) is 1. The van der Waals surface area contributed by atoms with Gasteiger partial charge in [0.1, 0.15) is 5.75 Å². The maximum absolute atomic E-state index is 13.1. The molecule has 2 aromatic carbocycles. The van der Waals surface area contributed by atoms with Crippen LogP contribution in [0.15, 0.2) is 54.7 Å². The van der Waals surface area contributed by atoms with Crippen LogP contribution in [0, 0.1) is 0 Å². The fourth-order valence-electron chi connectivity index (χ4n) is 4.92. The fraction of sp³-hybridized carbons (Fsp3) is 0.333. The van der Waals surface area contributed by atoms with Gasteiger partial charge < -0.3 is 15.0 Å². The lowest BCUT2D eigenvalue weighted by Crippen LogP contribution is -2.32. The third-order valence-electron chi connectivity index (χ3n) is 6.88. The van der Waals surface area contributed by atoms with Gasteiger partial charge in [-0.05, 0) is 42.2 Å². The summed E-state index contributed by atoms with van der Waals surface area (Å²) in [5.41, 5.74) is 6.36. The Labute approximate surface area is 198 Å². The standard InChI is InChI=1S/C27H29N5O2/c1-34-21-6-4-5-18(13-21)15-32-25-11-12-31(16-19-14-28-24-8-3-2-7-22(19)24)17-23(25)26(30-32)27(33)29-20-9-10-20/h2-8,13-14,20,28H,9-12,15-17H2,1H3,(H,29,33). The molecule has 0 atom stereocenters. The van der Waals surface area contributed by atoms with Crippen LogP contribution in [-0.2, 0) is 26.1 Å². The number of carbonyl (C=O) groups excluding carboxylic acids is 1. The summed E-state index contributed by atoms with van der Waals surface area (Å²) in [6.07, 6.45) is 5.09. The molecule has 1 fully saturated rings. The predicted octanol–water partition coefficient (Wildman–Crippen LogP) is 3.87. The van der Waals surface area contributed by atoms with Crippen LogP contribution in [0.2, 0.25) is 0 Å². The average molecular weight is 456 g/mol. The van der Waals surface area contributed by atoms with Gasteiger partial charge in [-0.1, -0.05) is 30.3 Å². The largest absolute Gasteiger partial charge is 0.497 e. The van der Waals surface area contributed by atoms with Crippen molar-refractivity contribution in [2.75, 3.05) is 13.7 Å². The number of hydrogen-bond donors (Lipinski definition) is 2. The first-order valence-corrected chi connectivity index (χ1v) is 12.0. The van der Waals surface area contributed by atoms with Crippen molar-refractivity contribution in [2.45, 2.75) is 44.9 Å². The second-order valence-corrected chi connectivity index (χ2v) is 9.35. The smallest absolute Gasteiger partial charge is 0.272 e. The summed E-state index contributed by atoms with van der Waals surface area (Å²) in [7, 11) is 1.68. The van der Waals surface area contributed by atoms with Crippen LogP contribution in [0.1, 0.15) is 45.7 Å². The van der Waals surface area contributed by atoms with Crippen LogP contribution in [0.3, 0.4) is 0 Å². The van der Waals surface area contributed by atoms with E-state index >= 15 is 0 Å². The Kier molecular flexibility index (Phi) is 5.34. The predicted molar refractivity (Wildman–Crippen MR) is 131 cm³/mol. The number of carbonyl (C=O) groups is 1. The van der Waals surface area contributed by atoms with Crippen LogP contribution in [0.5, 0.6) is 5.75 Å². The summed E-state index contributed by atoms with van der Waals surface area (Å²) in [5, 5.41) is 9.24. The van der Waals surface area contributed by atoms with E-state index in [1.165, 1.54) is 16.6 Å². The Morgan fingerprint density at radius 2 is 2.06 bits per heavy atom. The highest BCUT2D eigenvalue weighted by Crippen LogP contribution is 2.28. The molecule has 7 heteroatoms. The normalized spacial score (nSPS) is 15.9. The number of benzene rings is 2. The van der Waals surface area contributed by atoms with Crippen LogP contribution >= 0.6 is 0 Å². The number of H-pyrrole nitrogens is 1. The number of aromatic nitrogens is 3. The lowest BCUT2D eigenvalue weighted by atomic mass is 10.0. The Balaban J connectivity index is 1.29. The molecule has 0 spiro atoms. The number of fused-ring (bicyclic) bond motifs is 2. The van der Waals surface area contributed by atoms with Crippen LogP contribution in [0.25, 0.3) is 10.9 Å². The van der Waals surface area contributed by atoms with E-state index in [2.05, 4.69) is 51.7 Å². The third-order valence-corrected chi connectivity index (χ3v) is 6.88. The molecule has 0 bridgehead atoms. The SMILES string of the molecule is COc1cccc(Cn2nc(C(=O)NC3CC3)c3c2CCN(Cc2c[nH]c4ccccc24)C3)c1. The van der Waals surface area contributed by atoms with Gasteiger partial charge in [0.05, 0.1) is 13.7 Å². The van der Waals surface area contributed by atoms with Crippen molar-refractivity contribution in [3.63, 3.8) is 0 Å². The molecule has 3 heterocycles. The Morgan fingerprint density at radius 1 is 1.18 bits per heavy atom. The van der Waals surface area contributed by atoms with Crippen molar-refractivity contribution in [2.24, 2.45) is 0 Å². The molecule has 1 aliphatic carbocycles. The van der Waals surface area contributed by atoms with E-state index < -0.39 is 0 Å². The van der Waals surface area contributed by atoms with E-state index in [-0.39, 0.29) is 5.91 Å². The van der Waals surface area contributed by atoms with Crippen LogP contribution in [-0.4, -0.2) is 45.3 Å². The molecule has 34 heavy (non-hydrogen) atoms. The van der Waals surface area contributed by atoms with Gasteiger partial charge in [0.25, 0.3) is 5.91 Å². The Bertz CT molecular complexity index is 1350. The van der Waals surface area contributed by atoms with Gasteiger partial charge in [-0.15, -0.1) is 0 Å². The molecule has 1 saturated carbocycles. The molecule has 0 radical (unpaired) electrons. The Morgan fingerprint density at radius 3 is 2.91 bits per heavy atom. The monoisotopic (exact) mass is 455 g/mol. The van der Waals surface area contributed by atoms with Gasteiger partial charge in [-0.25, -0.2) is 0 Å². The maximum Gasteiger partial charge on any atom is 0.272 e. The minimum atomic E-state index is -0.0444. The number of aromatic amines is 1. The topological polar surface area (TPSA) is 75.2 Å². The van der Waals surface area contributed by atoms with Gasteiger partial charge >= 0.3 is 0 Å². The second-order valence-electron chi connectivity index (χ2n) is 9.35. The molecule has 1 aliphatic heterocycles. The van der Waals surface area contributed by atoms with Crippen molar-refractivity contribution in [1.82, 2.24) is 25.0 Å². The zero-order chi connectivity index (χ0) is 23.1. The molecule has 7 nitrogen and oxygen atoms in total. The summed E-state index contributed by atoms with van der Waals surface area (Å²) in [6.45, 7) is 3.12. The summed E-state index contributed by atoms with van der Waals surface area (Å²) >= 11 is 0. The van der Waals surface area contributed by atoms with E-state index in [0.29, 0.717) is 18.3 Å². The number of para-hydroxylation sites is 1. The van der Waals surface area contributed by atoms with Gasteiger partial charge in [0.2, 0.25) is 0 Å². The van der Waals surface area contributed by atoms with E-state index in [1.54, 1.807) is 7.11 Å². The van der Waals surface area contributed by atoms with Gasteiger partial charge in [0, 0.05) is 60.5 Å². The zero-order valence-electron chi connectivity index (χ0n) is 19.4. The van der Waals surface area contributed by atoms with Crippen molar-refractivity contribution in [3.8, 4) is 5.75 Å². The van der Waals surface area contributed by atoms with E-state index in [4.69, 9.17) is 9.84 Å². The minimum Gasteiger partial charge on any atom is -0.497 e. The van der Waals surface area contributed by atoms with Gasteiger partial charge in [-0.3, -0.25) is 14.4 Å². The summed E-state index contributed by atoms with van der Waals surface area (Å²) in [5.74, 6) is 0.784. The highest BCUT2D eigenvalue weighted by molar-refractivity contribution is 5.94. The van der Waals surface area contributed by atoms with Crippen LogP contribution in [0.4, 0.5) is 0 Å². The number of methoxy groups -OCH3 is 1. The zero-order valence-corrected chi connectivity index (χ0v) is 19.4. The molecule has 6 rings (SSSR count). The first kappa shape index (κ1) is 21.0. The number of nitrogens with zero attached hydrogens (tertiary/aromatic N) is 3. The highest BCUT2D eigenvalue weighted by atomic mass is 16.5. The van der Waals surface area contributed by atoms with Gasteiger partial charge in [-0.2, -0.15) is 5.10 Å². The molecule has 0 saturated heterocycles. The lowest BCUT2D eigenvalue weighted by Gasteiger charge is -2.27. The molecule has 2 aliphatic rings. The highest BCUT2D eigenvalue weighted by Gasteiger charge is 2.31. The average Bonchev–Trinajstić information content (AvgIpc) is 3.48. The van der Waals surface area contributed by atoms with Crippen LogP contribution < -0.4 is 10.1 Å². The molecule has 2 aromatic heterocycles. The molecular weight excluding hydrogens is 426 g/mol. The first-order chi connectivity index (χ1) is 16.7. The number of hydrogen-bond acceptors (Lipinski definition) is 4. The van der Waals surface area contributed by atoms with Crippen molar-refractivity contribution in [3.05, 3.63) is 82.8 Å². The molecule has 1 amide bonds. The van der Waals surface area contributed by atoms with E-state index in [1.807, 2.05) is 22.9 Å². The third kappa shape index (κ3) is 4.07. The summed E-state index contributed by atoms with van der Waals surface area (Å²) in [6, 6.07) is 16.8. The number of amides is 1. The quantitative estimate of drug-likeness (QED) is 0.444. The molecular formula is C27H29N5O2. The summed E-state index contributed by atoms with van der Waals surface area (Å²) < 4.78 is 7.41. The molecule has 2 N–H and O–H groups in total. The maximum atomic E-state index is 13.1. The van der Waals surface area contributed by atoms with Crippen molar-refractivity contribution < 1.29 is 9.53 Å². The fourth-order valence-corrected chi connectivity index (χ4v) is 4.92. The number of rotatable bonds is 7. The summed E-state index contributed by atoms with van der Waals surface area (Å²) in [4.78, 5) is 18.9. The molecule has 174 valence electrons. The minimum absolute atomic E-state index is 0.0444. The first-order valence-electron chi connectivity index (χ1n) is 12.0. The Hall–Kier alpha value is -3.58. The molecule has 0 unspecified atom stereocenters. The van der Waals surface area contributed by atoms with E-state index in [0.717, 1.165) is 61.3 Å².